The molecule has 0 aliphatic rings. The van der Waals surface area contributed by atoms with Gasteiger partial charge in [0.25, 0.3) is 5.56 Å². The highest BCUT2D eigenvalue weighted by Gasteiger charge is 2.00. The number of anilines is 1. The van der Waals surface area contributed by atoms with Crippen molar-refractivity contribution in [3.8, 4) is 0 Å². The number of H-pyrrole nitrogens is 1. The number of rotatable bonds is 3. The zero-order valence-electron chi connectivity index (χ0n) is 10.3. The van der Waals surface area contributed by atoms with E-state index in [1.165, 1.54) is 0 Å². The maximum Gasteiger partial charge on any atom is 0.257 e. The minimum atomic E-state index is -0.0738. The molecule has 0 aliphatic heterocycles. The van der Waals surface area contributed by atoms with Gasteiger partial charge in [-0.1, -0.05) is 18.2 Å². The molecule has 3 rings (SSSR count). The van der Waals surface area contributed by atoms with Crippen molar-refractivity contribution in [2.45, 2.75) is 6.54 Å². The molecule has 0 bridgehead atoms. The minimum absolute atomic E-state index is 0.0738. The predicted octanol–water partition coefficient (Wildman–Crippen LogP) is 2.54. The third kappa shape index (κ3) is 2.47. The predicted molar refractivity (Wildman–Crippen MR) is 76.1 cm³/mol. The fraction of sp³-hybridized carbons (Fsp3) is 0.0667. The summed E-state index contributed by atoms with van der Waals surface area (Å²) < 4.78 is 0. The fourth-order valence-electron chi connectivity index (χ4n) is 2.00. The maximum absolute atomic E-state index is 11.9. The van der Waals surface area contributed by atoms with Gasteiger partial charge in [-0.2, -0.15) is 0 Å². The molecular weight excluding hydrogens is 238 g/mol. The van der Waals surface area contributed by atoms with E-state index in [9.17, 15) is 4.79 Å². The van der Waals surface area contributed by atoms with Crippen LogP contribution in [0.15, 0.2) is 59.7 Å². The third-order valence-corrected chi connectivity index (χ3v) is 2.99. The number of benzene rings is 1. The van der Waals surface area contributed by atoms with Gasteiger partial charge in [0.1, 0.15) is 5.82 Å². The Kier molecular flexibility index (Phi) is 2.98. The molecule has 4 nitrogen and oxygen atoms in total. The van der Waals surface area contributed by atoms with Gasteiger partial charge in [-0.25, -0.2) is 0 Å². The fourth-order valence-corrected chi connectivity index (χ4v) is 2.00. The van der Waals surface area contributed by atoms with Gasteiger partial charge in [-0.3, -0.25) is 9.78 Å². The van der Waals surface area contributed by atoms with Gasteiger partial charge in [-0.05, 0) is 35.2 Å². The lowest BCUT2D eigenvalue weighted by molar-refractivity contribution is 1.09. The average Bonchev–Trinajstić information content (AvgIpc) is 2.46. The van der Waals surface area contributed by atoms with Crippen molar-refractivity contribution >= 4 is 16.6 Å². The number of aromatic amines is 1. The summed E-state index contributed by atoms with van der Waals surface area (Å²) in [4.78, 5) is 18.7. The second kappa shape index (κ2) is 4.94. The van der Waals surface area contributed by atoms with Gasteiger partial charge in [-0.15, -0.1) is 0 Å². The zero-order valence-corrected chi connectivity index (χ0v) is 10.3. The largest absolute Gasteiger partial charge is 0.367 e. The number of aromatic nitrogens is 2. The lowest BCUT2D eigenvalue weighted by atomic mass is 10.2. The van der Waals surface area contributed by atoms with Gasteiger partial charge in [0.2, 0.25) is 0 Å². The lowest BCUT2D eigenvalue weighted by Crippen LogP contribution is -2.10. The normalized spacial score (nSPS) is 10.5. The summed E-state index contributed by atoms with van der Waals surface area (Å²) in [6, 6.07) is 13.4. The molecule has 0 amide bonds. The molecule has 94 valence electrons. The van der Waals surface area contributed by atoms with Crippen molar-refractivity contribution in [2.24, 2.45) is 0 Å². The van der Waals surface area contributed by atoms with Crippen molar-refractivity contribution in [1.82, 2.24) is 9.97 Å². The van der Waals surface area contributed by atoms with Crippen LogP contribution in [0.4, 0.5) is 5.82 Å². The summed E-state index contributed by atoms with van der Waals surface area (Å²) in [6.45, 7) is 0.650. The van der Waals surface area contributed by atoms with E-state index in [1.54, 1.807) is 12.4 Å². The zero-order chi connectivity index (χ0) is 13.1. The second-order valence-corrected chi connectivity index (χ2v) is 4.31. The van der Waals surface area contributed by atoms with Crippen molar-refractivity contribution in [3.63, 3.8) is 0 Å². The van der Waals surface area contributed by atoms with Gasteiger partial charge in [0.05, 0.1) is 0 Å². The van der Waals surface area contributed by atoms with E-state index in [0.717, 1.165) is 16.8 Å². The van der Waals surface area contributed by atoms with Gasteiger partial charge >= 0.3 is 0 Å². The summed E-state index contributed by atoms with van der Waals surface area (Å²) in [7, 11) is 0. The molecule has 2 N–H and O–H groups in total. The Morgan fingerprint density at radius 1 is 1.11 bits per heavy atom. The molecule has 1 aromatic carbocycles. The molecule has 2 heterocycles. The van der Waals surface area contributed by atoms with Crippen molar-refractivity contribution in [3.05, 3.63) is 70.8 Å². The number of pyridine rings is 2. The Labute approximate surface area is 110 Å². The number of nitrogens with zero attached hydrogens (tertiary/aromatic N) is 1. The molecule has 0 saturated carbocycles. The van der Waals surface area contributed by atoms with E-state index in [0.29, 0.717) is 11.9 Å². The first-order chi connectivity index (χ1) is 9.33. The number of fused-ring (bicyclic) bond motifs is 1. The highest BCUT2D eigenvalue weighted by molar-refractivity contribution is 5.83. The molecule has 2 aromatic heterocycles. The SMILES string of the molecule is O=c1[nH]c(NCc2ccncc2)cc2ccccc12. The minimum Gasteiger partial charge on any atom is -0.367 e. The molecule has 0 unspecified atom stereocenters. The monoisotopic (exact) mass is 251 g/mol. The molecule has 0 aliphatic carbocycles. The number of hydrogen-bond donors (Lipinski definition) is 2. The van der Waals surface area contributed by atoms with Crippen molar-refractivity contribution in [1.29, 1.82) is 0 Å². The Hall–Kier alpha value is -2.62. The van der Waals surface area contributed by atoms with E-state index in [4.69, 9.17) is 0 Å². The van der Waals surface area contributed by atoms with Crippen LogP contribution >= 0.6 is 0 Å². The highest BCUT2D eigenvalue weighted by atomic mass is 16.1. The van der Waals surface area contributed by atoms with E-state index >= 15 is 0 Å². The van der Waals surface area contributed by atoms with E-state index in [-0.39, 0.29) is 5.56 Å². The summed E-state index contributed by atoms with van der Waals surface area (Å²) >= 11 is 0. The molecule has 0 saturated heterocycles. The van der Waals surface area contributed by atoms with Gasteiger partial charge in [0, 0.05) is 24.3 Å². The summed E-state index contributed by atoms with van der Waals surface area (Å²) in [5.41, 5.74) is 1.04. The molecule has 0 radical (unpaired) electrons. The Morgan fingerprint density at radius 2 is 1.89 bits per heavy atom. The topological polar surface area (TPSA) is 57.8 Å². The van der Waals surface area contributed by atoms with Crippen molar-refractivity contribution < 1.29 is 0 Å². The number of hydrogen-bond acceptors (Lipinski definition) is 3. The Balaban J connectivity index is 1.88. The van der Waals surface area contributed by atoms with Gasteiger partial charge < -0.3 is 10.3 Å². The van der Waals surface area contributed by atoms with E-state index in [1.807, 2.05) is 42.5 Å². The molecule has 0 spiro atoms. The first-order valence-electron chi connectivity index (χ1n) is 6.08. The number of nitrogens with one attached hydrogen (secondary N) is 2. The molecule has 0 atom stereocenters. The highest BCUT2D eigenvalue weighted by Crippen LogP contribution is 2.13. The summed E-state index contributed by atoms with van der Waals surface area (Å²) in [5.74, 6) is 0.723. The second-order valence-electron chi connectivity index (χ2n) is 4.31. The van der Waals surface area contributed by atoms with E-state index < -0.39 is 0 Å². The first-order valence-corrected chi connectivity index (χ1v) is 6.08. The molecule has 19 heavy (non-hydrogen) atoms. The molecule has 3 aromatic rings. The van der Waals surface area contributed by atoms with Crippen molar-refractivity contribution in [2.75, 3.05) is 5.32 Å². The van der Waals surface area contributed by atoms with Crippen LogP contribution in [0.25, 0.3) is 10.8 Å². The van der Waals surface area contributed by atoms with Crippen LogP contribution in [0, 0.1) is 0 Å². The summed E-state index contributed by atoms with van der Waals surface area (Å²) in [5, 5.41) is 4.85. The van der Waals surface area contributed by atoms with Crippen LogP contribution in [-0.2, 0) is 6.54 Å². The van der Waals surface area contributed by atoms with Crippen LogP contribution in [0.1, 0.15) is 5.56 Å². The average molecular weight is 251 g/mol. The van der Waals surface area contributed by atoms with Crippen LogP contribution in [0.5, 0.6) is 0 Å². The standard InChI is InChI=1S/C15H13N3O/c19-15-13-4-2-1-3-12(13)9-14(18-15)17-10-11-5-7-16-8-6-11/h1-9H,10H2,(H2,17,18,19). The molecule has 4 heteroatoms. The quantitative estimate of drug-likeness (QED) is 0.752. The van der Waals surface area contributed by atoms with Crippen LogP contribution in [-0.4, -0.2) is 9.97 Å². The van der Waals surface area contributed by atoms with E-state index in [2.05, 4.69) is 15.3 Å². The third-order valence-electron chi connectivity index (χ3n) is 2.99. The maximum atomic E-state index is 11.9. The molecule has 0 fully saturated rings. The van der Waals surface area contributed by atoms with Crippen LogP contribution in [0.2, 0.25) is 0 Å². The smallest absolute Gasteiger partial charge is 0.257 e. The molecular formula is C15H13N3O. The first kappa shape index (κ1) is 11.5. The Morgan fingerprint density at radius 3 is 2.74 bits per heavy atom. The lowest BCUT2D eigenvalue weighted by Gasteiger charge is -2.07. The van der Waals surface area contributed by atoms with Crippen LogP contribution < -0.4 is 10.9 Å². The van der Waals surface area contributed by atoms with Gasteiger partial charge in [0.15, 0.2) is 0 Å². The Bertz CT molecular complexity index is 750. The summed E-state index contributed by atoms with van der Waals surface area (Å²) in [6.07, 6.45) is 3.50. The van der Waals surface area contributed by atoms with Crippen LogP contribution in [0.3, 0.4) is 0 Å².